The van der Waals surface area contributed by atoms with Gasteiger partial charge in [-0.1, -0.05) is 13.0 Å². The average molecular weight is 297 g/mol. The Morgan fingerprint density at radius 3 is 2.86 bits per heavy atom. The van der Waals surface area contributed by atoms with Crippen molar-refractivity contribution in [3.8, 4) is 0 Å². The first kappa shape index (κ1) is 15.6. The molecule has 2 heterocycles. The van der Waals surface area contributed by atoms with E-state index in [0.717, 1.165) is 17.8 Å². The van der Waals surface area contributed by atoms with Gasteiger partial charge in [0.25, 0.3) is 5.91 Å². The number of nitrogens with zero attached hydrogens (tertiary/aromatic N) is 3. The number of carbonyl (C=O) groups is 1. The number of rotatable bonds is 6. The van der Waals surface area contributed by atoms with E-state index in [1.807, 2.05) is 26.0 Å². The Labute approximate surface area is 129 Å². The van der Waals surface area contributed by atoms with E-state index >= 15 is 0 Å². The van der Waals surface area contributed by atoms with Crippen LogP contribution in [-0.2, 0) is 6.54 Å². The van der Waals surface area contributed by atoms with E-state index in [4.69, 9.17) is 0 Å². The first-order valence-electron chi connectivity index (χ1n) is 7.12. The van der Waals surface area contributed by atoms with Crippen LogP contribution in [0.4, 0.5) is 5.82 Å². The number of amides is 1. The molecule has 6 nitrogen and oxygen atoms in total. The molecule has 0 saturated carbocycles. The van der Waals surface area contributed by atoms with Gasteiger partial charge in [-0.2, -0.15) is 0 Å². The van der Waals surface area contributed by atoms with Crippen LogP contribution in [0.1, 0.15) is 36.3 Å². The summed E-state index contributed by atoms with van der Waals surface area (Å²) in [5, 5.41) is 5.99. The Morgan fingerprint density at radius 2 is 2.14 bits per heavy atom. The summed E-state index contributed by atoms with van der Waals surface area (Å²) in [7, 11) is 0. The summed E-state index contributed by atoms with van der Waals surface area (Å²) in [6, 6.07) is 5.29. The minimum absolute atomic E-state index is 0.180. The lowest BCUT2D eigenvalue weighted by Crippen LogP contribution is -2.23. The van der Waals surface area contributed by atoms with Gasteiger partial charge < -0.3 is 10.6 Å². The van der Waals surface area contributed by atoms with Gasteiger partial charge >= 0.3 is 0 Å². The van der Waals surface area contributed by atoms with Crippen molar-refractivity contribution >= 4 is 11.7 Å². The number of aromatic nitrogens is 3. The lowest BCUT2D eigenvalue weighted by Gasteiger charge is -2.11. The van der Waals surface area contributed by atoms with Crippen LogP contribution in [0, 0.1) is 0 Å². The summed E-state index contributed by atoms with van der Waals surface area (Å²) in [6.45, 7) is 4.36. The molecule has 2 aromatic rings. The van der Waals surface area contributed by atoms with Crippen molar-refractivity contribution in [2.24, 2.45) is 0 Å². The van der Waals surface area contributed by atoms with Crippen LogP contribution in [0.2, 0.25) is 0 Å². The van der Waals surface area contributed by atoms with Gasteiger partial charge in [0, 0.05) is 18.1 Å². The monoisotopic (exact) mass is 297 g/mol. The fraction of sp³-hybridized carbons (Fsp3) is 0.250. The van der Waals surface area contributed by atoms with E-state index in [2.05, 4.69) is 25.6 Å². The van der Waals surface area contributed by atoms with Crippen LogP contribution in [-0.4, -0.2) is 20.9 Å². The lowest BCUT2D eigenvalue weighted by molar-refractivity contribution is 0.0966. The normalized spacial score (nSPS) is 11.1. The van der Waals surface area contributed by atoms with E-state index in [1.54, 1.807) is 24.5 Å². The molecule has 0 fully saturated rings. The number of hydrogen-bond donors (Lipinski definition) is 2. The Bertz CT molecular complexity index is 655. The third-order valence-corrected chi connectivity index (χ3v) is 2.95. The molecule has 0 aliphatic heterocycles. The van der Waals surface area contributed by atoms with Gasteiger partial charge in [0.15, 0.2) is 0 Å². The number of nitrogens with one attached hydrogen (secondary N) is 2. The van der Waals surface area contributed by atoms with Gasteiger partial charge in [-0.25, -0.2) is 15.0 Å². The molecular weight excluding hydrogens is 278 g/mol. The van der Waals surface area contributed by atoms with Gasteiger partial charge in [0.2, 0.25) is 0 Å². The number of anilines is 1. The van der Waals surface area contributed by atoms with E-state index in [-0.39, 0.29) is 5.91 Å². The molecule has 22 heavy (non-hydrogen) atoms. The smallest absolute Gasteiger partial charge is 0.259 e. The minimum atomic E-state index is -0.180. The number of carbonyl (C=O) groups excluding carboxylic acids is 1. The quantitative estimate of drug-likeness (QED) is 0.856. The Balaban J connectivity index is 2.09. The van der Waals surface area contributed by atoms with Gasteiger partial charge in [0.1, 0.15) is 12.1 Å². The second kappa shape index (κ2) is 7.87. The van der Waals surface area contributed by atoms with Gasteiger partial charge in [-0.05, 0) is 31.5 Å². The zero-order chi connectivity index (χ0) is 15.8. The van der Waals surface area contributed by atoms with Crippen LogP contribution >= 0.6 is 0 Å². The Morgan fingerprint density at radius 1 is 1.27 bits per heavy atom. The van der Waals surface area contributed by atoms with Crippen LogP contribution < -0.4 is 10.6 Å². The molecule has 0 aliphatic carbocycles. The largest absolute Gasteiger partial charge is 0.364 e. The highest BCUT2D eigenvalue weighted by Gasteiger charge is 2.12. The molecule has 0 bridgehead atoms. The van der Waals surface area contributed by atoms with Crippen LogP contribution in [0.5, 0.6) is 0 Å². The third-order valence-electron chi connectivity index (χ3n) is 2.95. The fourth-order valence-electron chi connectivity index (χ4n) is 1.93. The van der Waals surface area contributed by atoms with Crippen molar-refractivity contribution in [3.05, 3.63) is 60.0 Å². The molecule has 0 atom stereocenters. The fourth-order valence-corrected chi connectivity index (χ4v) is 1.93. The first-order valence-corrected chi connectivity index (χ1v) is 7.12. The van der Waals surface area contributed by atoms with Crippen LogP contribution in [0.15, 0.2) is 48.7 Å². The standard InChI is InChI=1S/C16H19N5O/c1-3-5-12(2)21-16(22)14-6-4-8-18-15(14)19-10-13-7-9-17-11-20-13/h4-9,11H,3,10H2,1-2H3,(H,18,19)(H,21,22)/b12-5+. The molecule has 2 N–H and O–H groups in total. The minimum Gasteiger partial charge on any atom is -0.364 e. The molecule has 0 spiro atoms. The zero-order valence-electron chi connectivity index (χ0n) is 12.7. The molecule has 2 rings (SSSR count). The molecule has 6 heteroatoms. The van der Waals surface area contributed by atoms with Crippen molar-refractivity contribution in [1.29, 1.82) is 0 Å². The second-order valence-corrected chi connectivity index (χ2v) is 4.70. The van der Waals surface area contributed by atoms with E-state index in [0.29, 0.717) is 17.9 Å². The predicted octanol–water partition coefficient (Wildman–Crippen LogP) is 2.53. The SMILES string of the molecule is CC/C=C(\C)NC(=O)c1cccnc1NCc1ccncn1. The number of allylic oxidation sites excluding steroid dienone is 2. The highest BCUT2D eigenvalue weighted by atomic mass is 16.1. The molecule has 1 amide bonds. The lowest BCUT2D eigenvalue weighted by atomic mass is 10.2. The maximum Gasteiger partial charge on any atom is 0.259 e. The summed E-state index contributed by atoms with van der Waals surface area (Å²) in [4.78, 5) is 24.5. The number of pyridine rings is 1. The van der Waals surface area contributed by atoms with Crippen molar-refractivity contribution < 1.29 is 4.79 Å². The summed E-state index contributed by atoms with van der Waals surface area (Å²) >= 11 is 0. The second-order valence-electron chi connectivity index (χ2n) is 4.70. The molecule has 0 aliphatic rings. The van der Waals surface area contributed by atoms with Crippen molar-refractivity contribution in [2.75, 3.05) is 5.32 Å². The molecular formula is C16H19N5O. The maximum absolute atomic E-state index is 12.3. The van der Waals surface area contributed by atoms with Gasteiger partial charge in [-0.15, -0.1) is 0 Å². The average Bonchev–Trinajstić information content (AvgIpc) is 2.54. The zero-order valence-corrected chi connectivity index (χ0v) is 12.7. The first-order chi connectivity index (χ1) is 10.7. The van der Waals surface area contributed by atoms with Crippen molar-refractivity contribution in [1.82, 2.24) is 20.3 Å². The maximum atomic E-state index is 12.3. The highest BCUT2D eigenvalue weighted by Crippen LogP contribution is 2.13. The summed E-state index contributed by atoms with van der Waals surface area (Å²) in [5.74, 6) is 0.350. The third kappa shape index (κ3) is 4.37. The Hall–Kier alpha value is -2.76. The number of hydrogen-bond acceptors (Lipinski definition) is 5. The molecule has 2 aromatic heterocycles. The highest BCUT2D eigenvalue weighted by molar-refractivity contribution is 5.99. The molecule has 114 valence electrons. The summed E-state index contributed by atoms with van der Waals surface area (Å²) < 4.78 is 0. The summed E-state index contributed by atoms with van der Waals surface area (Å²) in [5.41, 5.74) is 2.16. The molecule has 0 unspecified atom stereocenters. The molecule has 0 saturated heterocycles. The van der Waals surface area contributed by atoms with Gasteiger partial charge in [-0.3, -0.25) is 4.79 Å². The Kier molecular flexibility index (Phi) is 5.59. The van der Waals surface area contributed by atoms with Crippen LogP contribution in [0.25, 0.3) is 0 Å². The van der Waals surface area contributed by atoms with Gasteiger partial charge in [0.05, 0.1) is 17.8 Å². The van der Waals surface area contributed by atoms with Crippen molar-refractivity contribution in [3.63, 3.8) is 0 Å². The van der Waals surface area contributed by atoms with Crippen molar-refractivity contribution in [2.45, 2.75) is 26.8 Å². The topological polar surface area (TPSA) is 79.8 Å². The van der Waals surface area contributed by atoms with Crippen LogP contribution in [0.3, 0.4) is 0 Å². The molecule has 0 aromatic carbocycles. The van der Waals surface area contributed by atoms with E-state index < -0.39 is 0 Å². The van der Waals surface area contributed by atoms with E-state index in [9.17, 15) is 4.79 Å². The summed E-state index contributed by atoms with van der Waals surface area (Å²) in [6.07, 6.45) is 7.64. The van der Waals surface area contributed by atoms with E-state index in [1.165, 1.54) is 6.33 Å². The molecule has 0 radical (unpaired) electrons. The predicted molar refractivity (Wildman–Crippen MR) is 85.1 cm³/mol.